The molecule has 9 nitrogen and oxygen atoms in total. The molecule has 0 aromatic heterocycles. The van der Waals surface area contributed by atoms with Crippen LogP contribution in [0.2, 0.25) is 0 Å². The standard InChI is InChI=1S/C13H23N5O4S/c1-9-4-3-7-18(9,13(20)21)11(19)10(8-23-17-22)5-2-6-16-12(14)15/h9-10H,2-8H2,1H3,(H4-,14,15,16,20,21)/p+1/t9-,10-,18?/m1/s1. The van der Waals surface area contributed by atoms with Crippen LogP contribution < -0.4 is 11.5 Å². The Hall–Kier alpha value is -1.68. The van der Waals surface area contributed by atoms with Crippen LogP contribution in [0.3, 0.4) is 0 Å². The van der Waals surface area contributed by atoms with Crippen LogP contribution >= 0.6 is 11.9 Å². The molecule has 0 spiro atoms. The van der Waals surface area contributed by atoms with Crippen molar-refractivity contribution in [3.63, 3.8) is 0 Å². The molecule has 1 fully saturated rings. The molecule has 5 N–H and O–H groups in total. The van der Waals surface area contributed by atoms with Gasteiger partial charge in [-0.1, -0.05) is 0 Å². The minimum absolute atomic E-state index is 0.0287. The predicted molar refractivity (Wildman–Crippen MR) is 88.5 cm³/mol. The molecule has 0 aromatic rings. The summed E-state index contributed by atoms with van der Waals surface area (Å²) in [4.78, 5) is 38.9. The molecule has 0 saturated carbocycles. The number of hydrogen-bond donors (Lipinski definition) is 3. The highest BCUT2D eigenvalue weighted by Gasteiger charge is 2.54. The summed E-state index contributed by atoms with van der Waals surface area (Å²) < 4.78 is 2.16. The van der Waals surface area contributed by atoms with Crippen molar-refractivity contribution in [1.82, 2.24) is 0 Å². The van der Waals surface area contributed by atoms with Crippen molar-refractivity contribution in [1.29, 1.82) is 0 Å². The summed E-state index contributed by atoms with van der Waals surface area (Å²) in [5.74, 6) is -0.782. The van der Waals surface area contributed by atoms with Crippen molar-refractivity contribution in [2.24, 2.45) is 27.0 Å². The molecular formula is C13H24N5O4S+. The first-order valence-corrected chi connectivity index (χ1v) is 8.46. The number of likely N-dealkylation sites (tertiary alicyclic amines) is 1. The van der Waals surface area contributed by atoms with Crippen LogP contribution in [0, 0.1) is 10.8 Å². The third-order valence-corrected chi connectivity index (χ3v) is 4.96. The lowest BCUT2D eigenvalue weighted by atomic mass is 10.0. The van der Waals surface area contributed by atoms with Gasteiger partial charge in [0.15, 0.2) is 5.96 Å². The Bertz CT molecular complexity index is 483. The first kappa shape index (κ1) is 19.4. The quantitative estimate of drug-likeness (QED) is 0.150. The van der Waals surface area contributed by atoms with Crippen LogP contribution in [0.5, 0.6) is 0 Å². The molecule has 130 valence electrons. The van der Waals surface area contributed by atoms with E-state index in [0.29, 0.717) is 38.8 Å². The second kappa shape index (κ2) is 8.82. The highest BCUT2D eigenvalue weighted by Crippen LogP contribution is 2.32. The Balaban J connectivity index is 2.86. The summed E-state index contributed by atoms with van der Waals surface area (Å²) >= 11 is 0.740. The predicted octanol–water partition coefficient (Wildman–Crippen LogP) is 1.27. The van der Waals surface area contributed by atoms with Crippen LogP contribution in [-0.4, -0.2) is 52.4 Å². The largest absolute Gasteiger partial charge is 0.521 e. The van der Waals surface area contributed by atoms with E-state index in [9.17, 15) is 19.6 Å². The molecule has 1 aliphatic rings. The van der Waals surface area contributed by atoms with Crippen molar-refractivity contribution in [2.45, 2.75) is 38.6 Å². The zero-order valence-corrected chi connectivity index (χ0v) is 14.0. The molecular weight excluding hydrogens is 322 g/mol. The molecule has 0 bridgehead atoms. The number of amides is 2. The maximum absolute atomic E-state index is 12.9. The minimum Gasteiger partial charge on any atom is -0.435 e. The lowest BCUT2D eigenvalue weighted by Crippen LogP contribution is -2.60. The number of carbonyl (C=O) groups excluding carboxylic acids is 1. The van der Waals surface area contributed by atoms with Crippen molar-refractivity contribution in [3.8, 4) is 0 Å². The zero-order valence-electron chi connectivity index (χ0n) is 13.2. The SMILES string of the molecule is C[C@@H]1CCC[N+]1(C(=O)O)C(=O)[C@H](CCCN=C(N)N)CSN=O. The highest BCUT2D eigenvalue weighted by molar-refractivity contribution is 7.97. The highest BCUT2D eigenvalue weighted by atomic mass is 32.2. The zero-order chi connectivity index (χ0) is 17.5. The minimum atomic E-state index is -1.13. The second-order valence-electron chi connectivity index (χ2n) is 5.72. The van der Waals surface area contributed by atoms with Crippen molar-refractivity contribution in [2.75, 3.05) is 18.8 Å². The number of nitrogens with two attached hydrogens (primary N) is 2. The molecule has 23 heavy (non-hydrogen) atoms. The van der Waals surface area contributed by atoms with E-state index in [4.69, 9.17) is 11.5 Å². The fraction of sp³-hybridized carbons (Fsp3) is 0.769. The number of nitrogens with zero attached hydrogens (tertiary/aromatic N) is 3. The van der Waals surface area contributed by atoms with Crippen LogP contribution in [-0.2, 0) is 4.79 Å². The summed E-state index contributed by atoms with van der Waals surface area (Å²) in [7, 11) is 0. The van der Waals surface area contributed by atoms with Crippen LogP contribution in [0.25, 0.3) is 0 Å². The molecule has 1 rings (SSSR count). The van der Waals surface area contributed by atoms with Crippen LogP contribution in [0.4, 0.5) is 4.79 Å². The average Bonchev–Trinajstić information content (AvgIpc) is 2.88. The van der Waals surface area contributed by atoms with Crippen molar-refractivity contribution < 1.29 is 19.2 Å². The molecule has 2 amide bonds. The lowest BCUT2D eigenvalue weighted by molar-refractivity contribution is -0.794. The number of nitroso groups, excluding NO2 is 1. The normalized spacial score (nSPS) is 24.8. The third kappa shape index (κ3) is 4.64. The van der Waals surface area contributed by atoms with Gasteiger partial charge in [-0.05, 0) is 19.8 Å². The van der Waals surface area contributed by atoms with Gasteiger partial charge in [0.05, 0.1) is 12.5 Å². The Morgan fingerprint density at radius 2 is 2.13 bits per heavy atom. The van der Waals surface area contributed by atoms with E-state index in [1.165, 1.54) is 0 Å². The maximum Gasteiger partial charge on any atom is 0.521 e. The van der Waals surface area contributed by atoms with Gasteiger partial charge in [0.1, 0.15) is 6.04 Å². The molecule has 0 aliphatic carbocycles. The van der Waals surface area contributed by atoms with Crippen LogP contribution in [0.15, 0.2) is 9.57 Å². The van der Waals surface area contributed by atoms with Gasteiger partial charge in [-0.15, -0.1) is 4.91 Å². The molecule has 1 aliphatic heterocycles. The number of rotatable bonds is 8. The Morgan fingerprint density at radius 1 is 1.43 bits per heavy atom. The molecule has 0 radical (unpaired) electrons. The monoisotopic (exact) mass is 346 g/mol. The van der Waals surface area contributed by atoms with E-state index in [1.807, 2.05) is 0 Å². The van der Waals surface area contributed by atoms with E-state index >= 15 is 0 Å². The van der Waals surface area contributed by atoms with Gasteiger partial charge in [-0.3, -0.25) is 4.99 Å². The Morgan fingerprint density at radius 3 is 2.61 bits per heavy atom. The molecule has 3 atom stereocenters. The summed E-state index contributed by atoms with van der Waals surface area (Å²) in [6, 6.07) is -0.269. The van der Waals surface area contributed by atoms with Gasteiger partial charge in [-0.2, -0.15) is 9.28 Å². The number of carbonyl (C=O) groups is 2. The smallest absolute Gasteiger partial charge is 0.435 e. The van der Waals surface area contributed by atoms with Crippen LogP contribution in [0.1, 0.15) is 32.6 Å². The number of aliphatic imine (C=N–C) groups is 1. The Labute approximate surface area is 139 Å². The average molecular weight is 346 g/mol. The van der Waals surface area contributed by atoms with Gasteiger partial charge in [-0.25, -0.2) is 4.79 Å². The first-order valence-electron chi connectivity index (χ1n) is 7.52. The fourth-order valence-electron chi connectivity index (χ4n) is 3.05. The summed E-state index contributed by atoms with van der Waals surface area (Å²) in [5.41, 5.74) is 10.5. The molecule has 1 saturated heterocycles. The number of hydrogen-bond acceptors (Lipinski definition) is 6. The summed E-state index contributed by atoms with van der Waals surface area (Å²) in [6.45, 7) is 2.42. The van der Waals surface area contributed by atoms with E-state index in [0.717, 1.165) is 11.9 Å². The number of guanidine groups is 1. The number of imide groups is 1. The third-order valence-electron chi connectivity index (χ3n) is 4.30. The summed E-state index contributed by atoms with van der Waals surface area (Å²) in [5, 5.41) is 9.63. The molecule has 10 heteroatoms. The fourth-order valence-corrected chi connectivity index (χ4v) is 3.60. The van der Waals surface area contributed by atoms with Gasteiger partial charge >= 0.3 is 12.0 Å². The maximum atomic E-state index is 12.9. The van der Waals surface area contributed by atoms with Gasteiger partial charge in [0, 0.05) is 41.7 Å². The van der Waals surface area contributed by atoms with E-state index < -0.39 is 16.5 Å². The lowest BCUT2D eigenvalue weighted by Gasteiger charge is -2.32. The molecule has 0 aromatic carbocycles. The second-order valence-corrected chi connectivity index (χ2v) is 6.46. The van der Waals surface area contributed by atoms with E-state index in [2.05, 4.69) is 9.57 Å². The molecule has 1 unspecified atom stereocenters. The van der Waals surface area contributed by atoms with Crippen molar-refractivity contribution >= 4 is 29.9 Å². The molecule has 1 heterocycles. The van der Waals surface area contributed by atoms with E-state index in [-0.39, 0.29) is 23.7 Å². The summed E-state index contributed by atoms with van der Waals surface area (Å²) in [6.07, 6.45) is 1.20. The first-order chi connectivity index (χ1) is 10.9. The van der Waals surface area contributed by atoms with Gasteiger partial charge in [0.25, 0.3) is 0 Å². The number of quaternary nitrogens is 1. The topological polar surface area (TPSA) is 148 Å². The van der Waals surface area contributed by atoms with Gasteiger partial charge < -0.3 is 16.6 Å². The van der Waals surface area contributed by atoms with Crippen molar-refractivity contribution in [3.05, 3.63) is 4.91 Å². The Kier molecular flexibility index (Phi) is 7.43. The van der Waals surface area contributed by atoms with Gasteiger partial charge in [0.2, 0.25) is 0 Å². The van der Waals surface area contributed by atoms with E-state index in [1.54, 1.807) is 6.92 Å². The number of carboxylic acid groups (broad SMARTS) is 1.